The Morgan fingerprint density at radius 1 is 0.762 bits per heavy atom. The van der Waals surface area contributed by atoms with Gasteiger partial charge in [-0.15, -0.1) is 0 Å². The Morgan fingerprint density at radius 3 is 2.48 bits per heavy atom. The van der Waals surface area contributed by atoms with Crippen molar-refractivity contribution in [2.45, 2.75) is 0 Å². The molecule has 0 bridgehead atoms. The van der Waals surface area contributed by atoms with E-state index < -0.39 is 0 Å². The summed E-state index contributed by atoms with van der Waals surface area (Å²) in [6.45, 7) is 0. The van der Waals surface area contributed by atoms with Crippen LogP contribution in [0.1, 0.15) is 0 Å². The molecule has 2 aromatic heterocycles. The Balaban J connectivity index is 1.85. The van der Waals surface area contributed by atoms with E-state index in [0.717, 1.165) is 5.56 Å². The summed E-state index contributed by atoms with van der Waals surface area (Å²) in [7, 11) is 0. The van der Waals surface area contributed by atoms with E-state index in [0.29, 0.717) is 0 Å². The van der Waals surface area contributed by atoms with Crippen LogP contribution in [-0.2, 0) is 0 Å². The molecule has 2 heteroatoms. The standard InChI is InChI=1S/C19H14N2/c1-2-6-18(7-3-1)21-12-10-16-13-15(8-9-19(16)21)17-5-4-11-20-14-17/h1-14H. The average Bonchev–Trinajstić information content (AvgIpc) is 2.99. The van der Waals surface area contributed by atoms with Crippen molar-refractivity contribution in [3.8, 4) is 16.8 Å². The van der Waals surface area contributed by atoms with Crippen molar-refractivity contribution in [2.75, 3.05) is 0 Å². The molecular formula is C19H14N2. The van der Waals surface area contributed by atoms with Crippen LogP contribution < -0.4 is 0 Å². The van der Waals surface area contributed by atoms with Gasteiger partial charge in [0.2, 0.25) is 0 Å². The molecule has 100 valence electrons. The van der Waals surface area contributed by atoms with E-state index >= 15 is 0 Å². The Bertz CT molecular complexity index is 877. The molecule has 0 saturated heterocycles. The molecule has 0 atom stereocenters. The fourth-order valence-electron chi connectivity index (χ4n) is 2.67. The fourth-order valence-corrected chi connectivity index (χ4v) is 2.67. The number of nitrogens with zero attached hydrogens (tertiary/aromatic N) is 2. The summed E-state index contributed by atoms with van der Waals surface area (Å²) in [5.74, 6) is 0. The van der Waals surface area contributed by atoms with Gasteiger partial charge in [0.1, 0.15) is 0 Å². The average molecular weight is 270 g/mol. The van der Waals surface area contributed by atoms with Gasteiger partial charge in [0.25, 0.3) is 0 Å². The van der Waals surface area contributed by atoms with Crippen molar-refractivity contribution in [3.05, 3.63) is 85.3 Å². The number of fused-ring (bicyclic) bond motifs is 1. The maximum absolute atomic E-state index is 4.19. The lowest BCUT2D eigenvalue weighted by Crippen LogP contribution is -1.90. The Kier molecular flexibility index (Phi) is 2.79. The van der Waals surface area contributed by atoms with Crippen LogP contribution in [0.3, 0.4) is 0 Å². The number of benzene rings is 2. The van der Waals surface area contributed by atoms with Crippen LogP contribution in [0.25, 0.3) is 27.7 Å². The molecule has 2 nitrogen and oxygen atoms in total. The van der Waals surface area contributed by atoms with Crippen LogP contribution >= 0.6 is 0 Å². The van der Waals surface area contributed by atoms with Gasteiger partial charge >= 0.3 is 0 Å². The van der Waals surface area contributed by atoms with Gasteiger partial charge in [-0.3, -0.25) is 4.98 Å². The van der Waals surface area contributed by atoms with Gasteiger partial charge in [0.15, 0.2) is 0 Å². The molecule has 0 aliphatic rings. The summed E-state index contributed by atoms with van der Waals surface area (Å²) in [6.07, 6.45) is 5.82. The van der Waals surface area contributed by atoms with Gasteiger partial charge in [-0.1, -0.05) is 30.3 Å². The van der Waals surface area contributed by atoms with Crippen molar-refractivity contribution in [2.24, 2.45) is 0 Å². The quantitative estimate of drug-likeness (QED) is 0.516. The first-order valence-electron chi connectivity index (χ1n) is 6.99. The molecule has 2 aromatic carbocycles. The van der Waals surface area contributed by atoms with Crippen LogP contribution in [0, 0.1) is 0 Å². The van der Waals surface area contributed by atoms with Gasteiger partial charge in [0.05, 0.1) is 5.52 Å². The Morgan fingerprint density at radius 2 is 1.67 bits per heavy atom. The predicted molar refractivity (Wildman–Crippen MR) is 86.5 cm³/mol. The minimum absolute atomic E-state index is 1.15. The third-order valence-corrected chi connectivity index (χ3v) is 3.72. The van der Waals surface area contributed by atoms with Gasteiger partial charge in [-0.2, -0.15) is 0 Å². The van der Waals surface area contributed by atoms with Gasteiger partial charge in [-0.25, -0.2) is 0 Å². The molecule has 0 radical (unpaired) electrons. The summed E-state index contributed by atoms with van der Waals surface area (Å²) < 4.78 is 2.21. The number of aromatic nitrogens is 2. The van der Waals surface area contributed by atoms with Crippen molar-refractivity contribution in [3.63, 3.8) is 0 Å². The van der Waals surface area contributed by atoms with E-state index in [1.54, 1.807) is 6.20 Å². The molecule has 4 aromatic rings. The van der Waals surface area contributed by atoms with Crippen LogP contribution in [-0.4, -0.2) is 9.55 Å². The maximum atomic E-state index is 4.19. The molecule has 0 saturated carbocycles. The van der Waals surface area contributed by atoms with E-state index in [2.05, 4.69) is 70.3 Å². The minimum atomic E-state index is 1.15. The van der Waals surface area contributed by atoms with E-state index in [1.807, 2.05) is 18.3 Å². The third kappa shape index (κ3) is 2.11. The van der Waals surface area contributed by atoms with E-state index in [4.69, 9.17) is 0 Å². The highest BCUT2D eigenvalue weighted by Gasteiger charge is 2.05. The number of hydrogen-bond donors (Lipinski definition) is 0. The zero-order chi connectivity index (χ0) is 14.1. The van der Waals surface area contributed by atoms with Gasteiger partial charge in [0, 0.05) is 35.2 Å². The van der Waals surface area contributed by atoms with Crippen molar-refractivity contribution >= 4 is 10.9 Å². The second-order valence-electron chi connectivity index (χ2n) is 5.04. The number of hydrogen-bond acceptors (Lipinski definition) is 1. The summed E-state index contributed by atoms with van der Waals surface area (Å²) >= 11 is 0. The van der Waals surface area contributed by atoms with E-state index in [1.165, 1.54) is 22.2 Å². The van der Waals surface area contributed by atoms with Crippen LogP contribution in [0.15, 0.2) is 85.3 Å². The SMILES string of the molecule is c1ccc(-n2ccc3cc(-c4cccnc4)ccc32)cc1. The molecule has 21 heavy (non-hydrogen) atoms. The Labute approximate surface area is 123 Å². The van der Waals surface area contributed by atoms with Gasteiger partial charge in [-0.05, 0) is 42.0 Å². The lowest BCUT2D eigenvalue weighted by atomic mass is 10.1. The number of pyridine rings is 1. The summed E-state index contributed by atoms with van der Waals surface area (Å²) in [4.78, 5) is 4.19. The molecule has 0 N–H and O–H groups in total. The minimum Gasteiger partial charge on any atom is -0.317 e. The smallest absolute Gasteiger partial charge is 0.0528 e. The zero-order valence-electron chi connectivity index (χ0n) is 11.5. The molecular weight excluding hydrogens is 256 g/mol. The summed E-state index contributed by atoms with van der Waals surface area (Å²) in [6, 6.07) is 23.1. The number of para-hydroxylation sites is 1. The highest BCUT2D eigenvalue weighted by molar-refractivity contribution is 5.86. The van der Waals surface area contributed by atoms with E-state index in [-0.39, 0.29) is 0 Å². The zero-order valence-corrected chi connectivity index (χ0v) is 11.5. The largest absolute Gasteiger partial charge is 0.317 e. The lowest BCUT2D eigenvalue weighted by molar-refractivity contribution is 1.13. The van der Waals surface area contributed by atoms with Crippen molar-refractivity contribution in [1.29, 1.82) is 0 Å². The first kappa shape index (κ1) is 11.9. The lowest BCUT2D eigenvalue weighted by Gasteiger charge is -2.06. The Hall–Kier alpha value is -2.87. The molecule has 0 spiro atoms. The highest BCUT2D eigenvalue weighted by atomic mass is 15.0. The molecule has 0 unspecified atom stereocenters. The molecule has 0 amide bonds. The van der Waals surface area contributed by atoms with Crippen molar-refractivity contribution in [1.82, 2.24) is 9.55 Å². The molecule has 0 fully saturated rings. The first-order chi connectivity index (χ1) is 10.4. The molecule has 2 heterocycles. The van der Waals surface area contributed by atoms with Gasteiger partial charge < -0.3 is 4.57 Å². The van der Waals surface area contributed by atoms with E-state index in [9.17, 15) is 0 Å². The number of rotatable bonds is 2. The topological polar surface area (TPSA) is 17.8 Å². The van der Waals surface area contributed by atoms with Crippen LogP contribution in [0.2, 0.25) is 0 Å². The fraction of sp³-hybridized carbons (Fsp3) is 0. The maximum Gasteiger partial charge on any atom is 0.0528 e. The summed E-state index contributed by atoms with van der Waals surface area (Å²) in [5, 5.41) is 1.24. The second-order valence-corrected chi connectivity index (χ2v) is 5.04. The normalized spacial score (nSPS) is 10.9. The highest BCUT2D eigenvalue weighted by Crippen LogP contribution is 2.26. The predicted octanol–water partition coefficient (Wildman–Crippen LogP) is 4.69. The molecule has 0 aliphatic heterocycles. The third-order valence-electron chi connectivity index (χ3n) is 3.72. The first-order valence-corrected chi connectivity index (χ1v) is 6.99. The second kappa shape index (κ2) is 4.91. The van der Waals surface area contributed by atoms with Crippen molar-refractivity contribution < 1.29 is 0 Å². The monoisotopic (exact) mass is 270 g/mol. The van der Waals surface area contributed by atoms with Crippen LogP contribution in [0.4, 0.5) is 0 Å². The van der Waals surface area contributed by atoms with Crippen LogP contribution in [0.5, 0.6) is 0 Å². The summed E-state index contributed by atoms with van der Waals surface area (Å²) in [5.41, 5.74) is 4.74. The molecule has 0 aliphatic carbocycles. The molecule has 4 rings (SSSR count).